The van der Waals surface area contributed by atoms with Crippen molar-refractivity contribution in [2.45, 2.75) is 5.33 Å². The Morgan fingerprint density at radius 3 is 2.61 bits per heavy atom. The normalized spacial score (nSPS) is 10.1. The molecule has 1 amide bonds. The summed E-state index contributed by atoms with van der Waals surface area (Å²) >= 11 is 6.75. The molecule has 0 aromatic heterocycles. The predicted octanol–water partition coefficient (Wildman–Crippen LogP) is 4.60. The van der Waals surface area contributed by atoms with Crippen molar-refractivity contribution < 1.29 is 4.79 Å². The third-order valence-corrected chi connectivity index (χ3v) is 3.57. The van der Waals surface area contributed by atoms with Crippen LogP contribution in [-0.2, 0) is 5.33 Å². The Bertz CT molecular complexity index is 569. The van der Waals surface area contributed by atoms with Crippen LogP contribution >= 0.6 is 31.9 Å². The smallest absolute Gasteiger partial charge is 0.255 e. The van der Waals surface area contributed by atoms with Gasteiger partial charge < -0.3 is 5.32 Å². The molecule has 0 atom stereocenters. The van der Waals surface area contributed by atoms with E-state index in [-0.39, 0.29) is 5.91 Å². The second-order valence-electron chi connectivity index (χ2n) is 3.80. The van der Waals surface area contributed by atoms with E-state index in [1.807, 2.05) is 36.4 Å². The first-order chi connectivity index (χ1) is 8.69. The molecule has 0 aliphatic carbocycles. The molecule has 2 aromatic rings. The van der Waals surface area contributed by atoms with Gasteiger partial charge >= 0.3 is 0 Å². The quantitative estimate of drug-likeness (QED) is 0.788. The summed E-state index contributed by atoms with van der Waals surface area (Å²) in [4.78, 5) is 12.0. The third-order valence-electron chi connectivity index (χ3n) is 2.43. The highest BCUT2D eigenvalue weighted by molar-refractivity contribution is 9.10. The lowest BCUT2D eigenvalue weighted by molar-refractivity contribution is 0.102. The van der Waals surface area contributed by atoms with E-state index in [4.69, 9.17) is 0 Å². The van der Waals surface area contributed by atoms with Crippen LogP contribution in [0, 0.1) is 0 Å². The van der Waals surface area contributed by atoms with Crippen molar-refractivity contribution in [3.63, 3.8) is 0 Å². The zero-order chi connectivity index (χ0) is 13.0. The minimum atomic E-state index is -0.108. The van der Waals surface area contributed by atoms with Crippen LogP contribution in [0.2, 0.25) is 0 Å². The van der Waals surface area contributed by atoms with Gasteiger partial charge in [0.25, 0.3) is 5.91 Å². The Hall–Kier alpha value is -1.13. The summed E-state index contributed by atoms with van der Waals surface area (Å²) in [6, 6.07) is 15.1. The van der Waals surface area contributed by atoms with Gasteiger partial charge in [-0.1, -0.05) is 50.1 Å². The largest absolute Gasteiger partial charge is 0.322 e. The molecule has 92 valence electrons. The highest BCUT2D eigenvalue weighted by Crippen LogP contribution is 2.16. The third kappa shape index (κ3) is 3.43. The van der Waals surface area contributed by atoms with Crippen molar-refractivity contribution in [1.29, 1.82) is 0 Å². The predicted molar refractivity (Wildman–Crippen MR) is 81.2 cm³/mol. The molecule has 2 aromatic carbocycles. The van der Waals surface area contributed by atoms with Crippen LogP contribution in [0.5, 0.6) is 0 Å². The molecular formula is C14H11Br2NO. The number of alkyl halides is 1. The number of carbonyl (C=O) groups is 1. The Labute approximate surface area is 123 Å². The Balaban J connectivity index is 2.16. The lowest BCUT2D eigenvalue weighted by Crippen LogP contribution is -2.11. The molecule has 4 heteroatoms. The molecule has 0 spiro atoms. The maximum atomic E-state index is 12.0. The number of hydrogen-bond acceptors (Lipinski definition) is 1. The average Bonchev–Trinajstić information content (AvgIpc) is 2.39. The zero-order valence-electron chi connectivity index (χ0n) is 9.49. The molecule has 0 aliphatic heterocycles. The Morgan fingerprint density at radius 1 is 1.11 bits per heavy atom. The molecule has 1 N–H and O–H groups in total. The van der Waals surface area contributed by atoms with E-state index < -0.39 is 0 Å². The van der Waals surface area contributed by atoms with E-state index in [1.54, 1.807) is 12.1 Å². The molecule has 18 heavy (non-hydrogen) atoms. The number of nitrogens with one attached hydrogen (secondary N) is 1. The second-order valence-corrected chi connectivity index (χ2v) is 5.27. The first-order valence-corrected chi connectivity index (χ1v) is 7.32. The fourth-order valence-electron chi connectivity index (χ4n) is 1.57. The van der Waals surface area contributed by atoms with Gasteiger partial charge in [0, 0.05) is 21.1 Å². The van der Waals surface area contributed by atoms with Gasteiger partial charge in [-0.3, -0.25) is 4.79 Å². The topological polar surface area (TPSA) is 29.1 Å². The van der Waals surface area contributed by atoms with Crippen LogP contribution in [0.3, 0.4) is 0 Å². The molecule has 0 saturated carbocycles. The van der Waals surface area contributed by atoms with E-state index >= 15 is 0 Å². The van der Waals surface area contributed by atoms with Crippen LogP contribution in [-0.4, -0.2) is 5.91 Å². The van der Waals surface area contributed by atoms with Gasteiger partial charge in [0.2, 0.25) is 0 Å². The second kappa shape index (κ2) is 6.16. The average molecular weight is 369 g/mol. The van der Waals surface area contributed by atoms with Crippen molar-refractivity contribution in [3.05, 3.63) is 64.1 Å². The first kappa shape index (κ1) is 13.3. The van der Waals surface area contributed by atoms with Crippen LogP contribution < -0.4 is 5.32 Å². The molecule has 0 saturated heterocycles. The van der Waals surface area contributed by atoms with Crippen LogP contribution in [0.25, 0.3) is 0 Å². The molecule has 0 radical (unpaired) electrons. The highest BCUT2D eigenvalue weighted by Gasteiger charge is 2.06. The molecule has 0 unspecified atom stereocenters. The Morgan fingerprint density at radius 2 is 1.89 bits per heavy atom. The molecule has 2 nitrogen and oxygen atoms in total. The maximum Gasteiger partial charge on any atom is 0.255 e. The van der Waals surface area contributed by atoms with Gasteiger partial charge in [-0.05, 0) is 35.9 Å². The number of amides is 1. The van der Waals surface area contributed by atoms with Crippen LogP contribution in [0.1, 0.15) is 15.9 Å². The van der Waals surface area contributed by atoms with Crippen molar-refractivity contribution in [2.75, 3.05) is 5.32 Å². The van der Waals surface area contributed by atoms with Gasteiger partial charge in [0.1, 0.15) is 0 Å². The maximum absolute atomic E-state index is 12.0. The van der Waals surface area contributed by atoms with Gasteiger partial charge in [-0.15, -0.1) is 0 Å². The molecule has 0 fully saturated rings. The standard InChI is InChI=1S/C14H11Br2NO/c15-9-10-3-1-6-13(7-10)17-14(18)11-4-2-5-12(16)8-11/h1-8H,9H2,(H,17,18). The van der Waals surface area contributed by atoms with Gasteiger partial charge in [-0.25, -0.2) is 0 Å². The minimum absolute atomic E-state index is 0.108. The van der Waals surface area contributed by atoms with Crippen molar-refractivity contribution >= 4 is 43.5 Å². The molecule has 2 rings (SSSR count). The number of anilines is 1. The number of carbonyl (C=O) groups excluding carboxylic acids is 1. The lowest BCUT2D eigenvalue weighted by Gasteiger charge is -2.06. The summed E-state index contributed by atoms with van der Waals surface area (Å²) in [5, 5.41) is 3.65. The molecule has 0 aliphatic rings. The van der Waals surface area contributed by atoms with Crippen LogP contribution in [0.15, 0.2) is 53.0 Å². The Kier molecular flexibility index (Phi) is 4.55. The van der Waals surface area contributed by atoms with E-state index in [0.29, 0.717) is 5.56 Å². The van der Waals surface area contributed by atoms with Crippen molar-refractivity contribution in [1.82, 2.24) is 0 Å². The monoisotopic (exact) mass is 367 g/mol. The van der Waals surface area contributed by atoms with Gasteiger partial charge in [-0.2, -0.15) is 0 Å². The highest BCUT2D eigenvalue weighted by atomic mass is 79.9. The van der Waals surface area contributed by atoms with Gasteiger partial charge in [0.15, 0.2) is 0 Å². The minimum Gasteiger partial charge on any atom is -0.322 e. The number of halogens is 2. The van der Waals surface area contributed by atoms with E-state index in [2.05, 4.69) is 37.2 Å². The zero-order valence-corrected chi connectivity index (χ0v) is 12.7. The SMILES string of the molecule is O=C(Nc1cccc(CBr)c1)c1cccc(Br)c1. The molecular weight excluding hydrogens is 358 g/mol. The van der Waals surface area contributed by atoms with Crippen molar-refractivity contribution in [3.8, 4) is 0 Å². The summed E-state index contributed by atoms with van der Waals surface area (Å²) in [6.45, 7) is 0. The number of rotatable bonds is 3. The lowest BCUT2D eigenvalue weighted by atomic mass is 10.2. The fourth-order valence-corrected chi connectivity index (χ4v) is 2.31. The number of hydrogen-bond donors (Lipinski definition) is 1. The summed E-state index contributed by atoms with van der Waals surface area (Å²) in [5.41, 5.74) is 2.56. The summed E-state index contributed by atoms with van der Waals surface area (Å²) in [7, 11) is 0. The summed E-state index contributed by atoms with van der Waals surface area (Å²) < 4.78 is 0.893. The van der Waals surface area contributed by atoms with E-state index in [9.17, 15) is 4.79 Å². The van der Waals surface area contributed by atoms with Crippen molar-refractivity contribution in [2.24, 2.45) is 0 Å². The summed E-state index contributed by atoms with van der Waals surface area (Å²) in [6.07, 6.45) is 0. The van der Waals surface area contributed by atoms with Crippen LogP contribution in [0.4, 0.5) is 5.69 Å². The molecule has 0 heterocycles. The van der Waals surface area contributed by atoms with E-state index in [1.165, 1.54) is 0 Å². The first-order valence-electron chi connectivity index (χ1n) is 5.41. The van der Waals surface area contributed by atoms with E-state index in [0.717, 1.165) is 21.1 Å². The van der Waals surface area contributed by atoms with Gasteiger partial charge in [0.05, 0.1) is 0 Å². The molecule has 0 bridgehead atoms. The fraction of sp³-hybridized carbons (Fsp3) is 0.0714. The summed E-state index contributed by atoms with van der Waals surface area (Å²) in [5.74, 6) is -0.108. The number of benzene rings is 2.